The maximum absolute atomic E-state index is 11.6. The number of nitrogens with one attached hydrogen (secondary N) is 2. The van der Waals surface area contributed by atoms with Crippen LogP contribution in [0.5, 0.6) is 0 Å². The summed E-state index contributed by atoms with van der Waals surface area (Å²) in [5, 5.41) is 5.79. The van der Waals surface area contributed by atoms with Crippen LogP contribution >= 0.6 is 0 Å². The monoisotopic (exact) mass is 222 g/mol. The quantitative estimate of drug-likeness (QED) is 0.717. The summed E-state index contributed by atoms with van der Waals surface area (Å²) in [4.78, 5) is 11.6. The van der Waals surface area contributed by atoms with Crippen LogP contribution in [0.1, 0.15) is 17.3 Å². The van der Waals surface area contributed by atoms with Gasteiger partial charge in [-0.3, -0.25) is 4.79 Å². The molecule has 1 aromatic carbocycles. The number of carbonyl (C=O) groups is 1. The van der Waals surface area contributed by atoms with E-state index in [2.05, 4.69) is 10.6 Å². The number of rotatable bonds is 6. The summed E-state index contributed by atoms with van der Waals surface area (Å²) < 4.78 is 5.13. The van der Waals surface area contributed by atoms with Gasteiger partial charge in [-0.15, -0.1) is 0 Å². The molecule has 1 rings (SSSR count). The van der Waals surface area contributed by atoms with E-state index in [0.29, 0.717) is 25.3 Å². The summed E-state index contributed by atoms with van der Waals surface area (Å²) in [6.45, 7) is 3.70. The molecule has 0 aliphatic rings. The third-order valence-corrected chi connectivity index (χ3v) is 2.17. The molecule has 0 unspecified atom stereocenters. The van der Waals surface area contributed by atoms with Gasteiger partial charge in [0.2, 0.25) is 0 Å². The molecule has 0 bridgehead atoms. The zero-order valence-corrected chi connectivity index (χ0v) is 9.75. The second-order valence-corrected chi connectivity index (χ2v) is 3.28. The molecule has 0 saturated heterocycles. The van der Waals surface area contributed by atoms with Crippen LogP contribution in [-0.4, -0.2) is 32.7 Å². The predicted molar refractivity (Wildman–Crippen MR) is 64.8 cm³/mol. The molecule has 0 fully saturated rings. The molecule has 0 aliphatic heterocycles. The second-order valence-electron chi connectivity index (χ2n) is 3.28. The average Bonchev–Trinajstić information content (AvgIpc) is 2.34. The van der Waals surface area contributed by atoms with E-state index in [1.54, 1.807) is 12.1 Å². The molecule has 2 N–H and O–H groups in total. The fraction of sp³-hybridized carbons (Fsp3) is 0.417. The Morgan fingerprint density at radius 3 is 2.56 bits per heavy atom. The first-order valence-corrected chi connectivity index (χ1v) is 5.41. The van der Waals surface area contributed by atoms with E-state index in [1.165, 1.54) is 0 Å². The molecule has 1 aromatic rings. The molecule has 0 aromatic heterocycles. The van der Waals surface area contributed by atoms with Gasteiger partial charge < -0.3 is 15.4 Å². The van der Waals surface area contributed by atoms with Crippen molar-refractivity contribution in [1.82, 2.24) is 5.32 Å². The Hall–Kier alpha value is -1.55. The Kier molecular flexibility index (Phi) is 5.36. The zero-order chi connectivity index (χ0) is 11.8. The summed E-state index contributed by atoms with van der Waals surface area (Å²) in [5.74, 6) is -0.0673. The lowest BCUT2D eigenvalue weighted by Crippen LogP contribution is -2.27. The molecule has 0 radical (unpaired) electrons. The normalized spacial score (nSPS) is 9.88. The Morgan fingerprint density at radius 1 is 1.31 bits per heavy atom. The van der Waals surface area contributed by atoms with E-state index in [1.807, 2.05) is 26.1 Å². The third-order valence-electron chi connectivity index (χ3n) is 2.17. The first-order chi connectivity index (χ1) is 7.77. The lowest BCUT2D eigenvalue weighted by atomic mass is 10.2. The Labute approximate surface area is 96.0 Å². The lowest BCUT2D eigenvalue weighted by molar-refractivity contribution is 0.0922. The Morgan fingerprint density at radius 2 is 2.00 bits per heavy atom. The molecule has 0 heterocycles. The zero-order valence-electron chi connectivity index (χ0n) is 9.75. The number of amides is 1. The molecule has 0 saturated carbocycles. The topological polar surface area (TPSA) is 50.4 Å². The van der Waals surface area contributed by atoms with Crippen molar-refractivity contribution < 1.29 is 9.53 Å². The Balaban J connectivity index is 2.40. The number of anilines is 1. The maximum Gasteiger partial charge on any atom is 0.251 e. The first kappa shape index (κ1) is 12.5. The van der Waals surface area contributed by atoms with Gasteiger partial charge in [-0.25, -0.2) is 0 Å². The van der Waals surface area contributed by atoms with Crippen LogP contribution < -0.4 is 10.6 Å². The van der Waals surface area contributed by atoms with Crippen LogP contribution in [0, 0.1) is 0 Å². The van der Waals surface area contributed by atoms with Crippen molar-refractivity contribution in [2.24, 2.45) is 0 Å². The molecule has 4 heteroatoms. The minimum absolute atomic E-state index is 0.0673. The van der Waals surface area contributed by atoms with E-state index in [0.717, 1.165) is 5.69 Å². The summed E-state index contributed by atoms with van der Waals surface area (Å²) in [7, 11) is 1.84. The van der Waals surface area contributed by atoms with Crippen molar-refractivity contribution in [2.45, 2.75) is 6.92 Å². The van der Waals surface area contributed by atoms with Gasteiger partial charge in [0.05, 0.1) is 6.61 Å². The molecular weight excluding hydrogens is 204 g/mol. The highest BCUT2D eigenvalue weighted by molar-refractivity contribution is 5.94. The number of ether oxygens (including phenoxy) is 1. The van der Waals surface area contributed by atoms with Crippen molar-refractivity contribution in [3.8, 4) is 0 Å². The predicted octanol–water partition coefficient (Wildman–Crippen LogP) is 1.49. The van der Waals surface area contributed by atoms with E-state index in [4.69, 9.17) is 4.74 Å². The lowest BCUT2D eigenvalue weighted by Gasteiger charge is -2.06. The molecule has 16 heavy (non-hydrogen) atoms. The third kappa shape index (κ3) is 3.90. The highest BCUT2D eigenvalue weighted by atomic mass is 16.5. The average molecular weight is 222 g/mol. The minimum atomic E-state index is -0.0673. The maximum atomic E-state index is 11.6. The van der Waals surface area contributed by atoms with Gasteiger partial charge in [0.15, 0.2) is 0 Å². The van der Waals surface area contributed by atoms with Gasteiger partial charge in [0, 0.05) is 31.5 Å². The van der Waals surface area contributed by atoms with Crippen molar-refractivity contribution in [3.63, 3.8) is 0 Å². The molecule has 0 spiro atoms. The summed E-state index contributed by atoms with van der Waals surface area (Å²) >= 11 is 0. The Bertz CT molecular complexity index is 322. The molecule has 1 amide bonds. The number of hydrogen-bond acceptors (Lipinski definition) is 3. The van der Waals surface area contributed by atoms with Crippen LogP contribution in [0.3, 0.4) is 0 Å². The van der Waals surface area contributed by atoms with Crippen LogP contribution in [0.15, 0.2) is 24.3 Å². The van der Waals surface area contributed by atoms with Gasteiger partial charge >= 0.3 is 0 Å². The van der Waals surface area contributed by atoms with Crippen molar-refractivity contribution in [1.29, 1.82) is 0 Å². The number of hydrogen-bond donors (Lipinski definition) is 2. The van der Waals surface area contributed by atoms with Gasteiger partial charge in [0.25, 0.3) is 5.91 Å². The largest absolute Gasteiger partial charge is 0.388 e. The van der Waals surface area contributed by atoms with Crippen LogP contribution in [0.4, 0.5) is 5.69 Å². The van der Waals surface area contributed by atoms with E-state index >= 15 is 0 Å². The minimum Gasteiger partial charge on any atom is -0.388 e. The molecular formula is C12H18N2O2. The smallest absolute Gasteiger partial charge is 0.251 e. The molecule has 88 valence electrons. The van der Waals surface area contributed by atoms with E-state index in [-0.39, 0.29) is 5.91 Å². The summed E-state index contributed by atoms with van der Waals surface area (Å²) in [6.07, 6.45) is 0. The van der Waals surface area contributed by atoms with Gasteiger partial charge in [0.1, 0.15) is 0 Å². The van der Waals surface area contributed by atoms with Gasteiger partial charge in [-0.1, -0.05) is 0 Å². The number of benzene rings is 1. The second kappa shape index (κ2) is 6.85. The van der Waals surface area contributed by atoms with Crippen molar-refractivity contribution >= 4 is 11.6 Å². The number of carbonyl (C=O) groups excluding carboxylic acids is 1. The summed E-state index contributed by atoms with van der Waals surface area (Å²) in [6, 6.07) is 7.33. The standard InChI is InChI=1S/C12H18N2O2/c1-3-16-9-8-14-12(15)10-4-6-11(13-2)7-5-10/h4-7,13H,3,8-9H2,1-2H3,(H,14,15). The van der Waals surface area contributed by atoms with Crippen molar-refractivity contribution in [2.75, 3.05) is 32.1 Å². The van der Waals surface area contributed by atoms with Crippen LogP contribution in [-0.2, 0) is 4.74 Å². The van der Waals surface area contributed by atoms with Gasteiger partial charge in [-0.2, -0.15) is 0 Å². The molecule has 4 nitrogen and oxygen atoms in total. The molecule has 0 aliphatic carbocycles. The first-order valence-electron chi connectivity index (χ1n) is 5.41. The van der Waals surface area contributed by atoms with E-state index < -0.39 is 0 Å². The fourth-order valence-electron chi connectivity index (χ4n) is 1.27. The highest BCUT2D eigenvalue weighted by Gasteiger charge is 2.03. The van der Waals surface area contributed by atoms with Crippen LogP contribution in [0.25, 0.3) is 0 Å². The van der Waals surface area contributed by atoms with E-state index in [9.17, 15) is 4.79 Å². The molecule has 0 atom stereocenters. The van der Waals surface area contributed by atoms with Gasteiger partial charge in [-0.05, 0) is 31.2 Å². The van der Waals surface area contributed by atoms with Crippen LogP contribution in [0.2, 0.25) is 0 Å². The summed E-state index contributed by atoms with van der Waals surface area (Å²) in [5.41, 5.74) is 1.65. The highest BCUT2D eigenvalue weighted by Crippen LogP contribution is 2.08. The van der Waals surface area contributed by atoms with Crippen molar-refractivity contribution in [3.05, 3.63) is 29.8 Å². The SMILES string of the molecule is CCOCCNC(=O)c1ccc(NC)cc1. The fourth-order valence-corrected chi connectivity index (χ4v) is 1.27.